The summed E-state index contributed by atoms with van der Waals surface area (Å²) in [5, 5.41) is 0. The Morgan fingerprint density at radius 2 is 1.45 bits per heavy atom. The van der Waals surface area contributed by atoms with E-state index in [1.165, 1.54) is 0 Å². The van der Waals surface area contributed by atoms with Gasteiger partial charge in [-0.25, -0.2) is 0 Å². The van der Waals surface area contributed by atoms with E-state index in [0.717, 1.165) is 25.6 Å². The van der Waals surface area contributed by atoms with Gasteiger partial charge in [0.25, 0.3) is 0 Å². The molecule has 0 N–H and O–H groups in total. The maximum atomic E-state index is 5.81. The SMILES string of the molecule is CCO[Si](CCCOC(C)CN(C)C)(OCC)OCC. The molecular formula is C14H33NO4Si. The van der Waals surface area contributed by atoms with Gasteiger partial charge < -0.3 is 22.9 Å². The van der Waals surface area contributed by atoms with E-state index < -0.39 is 8.80 Å². The van der Waals surface area contributed by atoms with E-state index in [-0.39, 0.29) is 6.10 Å². The fourth-order valence-corrected chi connectivity index (χ4v) is 4.72. The molecule has 5 nitrogen and oxygen atoms in total. The van der Waals surface area contributed by atoms with Crippen molar-refractivity contribution >= 4 is 8.80 Å². The van der Waals surface area contributed by atoms with Crippen LogP contribution in [0.5, 0.6) is 0 Å². The van der Waals surface area contributed by atoms with Crippen LogP contribution in [-0.2, 0) is 18.0 Å². The number of hydrogen-bond donors (Lipinski definition) is 0. The molecule has 0 aliphatic rings. The fourth-order valence-electron chi connectivity index (χ4n) is 2.14. The topological polar surface area (TPSA) is 40.2 Å². The molecule has 1 unspecified atom stereocenters. The van der Waals surface area contributed by atoms with Crippen LogP contribution in [0.25, 0.3) is 0 Å². The zero-order chi connectivity index (χ0) is 15.4. The molecule has 0 saturated carbocycles. The summed E-state index contributed by atoms with van der Waals surface area (Å²) in [4.78, 5) is 2.13. The average Bonchev–Trinajstić information content (AvgIpc) is 2.35. The first-order valence-electron chi connectivity index (χ1n) is 7.67. The Morgan fingerprint density at radius 1 is 0.950 bits per heavy atom. The molecular weight excluding hydrogens is 274 g/mol. The molecule has 0 spiro atoms. The van der Waals surface area contributed by atoms with Crippen LogP contribution in [0.15, 0.2) is 0 Å². The lowest BCUT2D eigenvalue weighted by Crippen LogP contribution is -2.46. The first-order valence-corrected chi connectivity index (χ1v) is 9.61. The van der Waals surface area contributed by atoms with Crippen LogP contribution >= 0.6 is 0 Å². The van der Waals surface area contributed by atoms with Gasteiger partial charge in [0.1, 0.15) is 0 Å². The zero-order valence-electron chi connectivity index (χ0n) is 14.1. The maximum Gasteiger partial charge on any atom is 0.501 e. The van der Waals surface area contributed by atoms with Gasteiger partial charge in [-0.15, -0.1) is 0 Å². The molecule has 0 heterocycles. The Bertz CT molecular complexity index is 212. The van der Waals surface area contributed by atoms with Crippen LogP contribution in [0.2, 0.25) is 6.04 Å². The van der Waals surface area contributed by atoms with Crippen molar-refractivity contribution in [3.8, 4) is 0 Å². The Labute approximate surface area is 125 Å². The molecule has 0 fully saturated rings. The summed E-state index contributed by atoms with van der Waals surface area (Å²) in [6.45, 7) is 11.6. The summed E-state index contributed by atoms with van der Waals surface area (Å²) in [7, 11) is 1.62. The Balaban J connectivity index is 4.11. The Kier molecular flexibility index (Phi) is 11.7. The lowest BCUT2D eigenvalue weighted by molar-refractivity contribution is 0.0397. The molecule has 0 rings (SSSR count). The van der Waals surface area contributed by atoms with Crippen molar-refractivity contribution in [3.63, 3.8) is 0 Å². The van der Waals surface area contributed by atoms with E-state index in [4.69, 9.17) is 18.0 Å². The maximum absolute atomic E-state index is 5.81. The summed E-state index contributed by atoms with van der Waals surface area (Å²) in [6, 6.07) is 0.817. The lowest BCUT2D eigenvalue weighted by atomic mass is 10.4. The van der Waals surface area contributed by atoms with Crippen molar-refractivity contribution in [1.29, 1.82) is 0 Å². The number of rotatable bonds is 13. The number of hydrogen-bond acceptors (Lipinski definition) is 5. The van der Waals surface area contributed by atoms with Crippen molar-refractivity contribution in [2.75, 3.05) is 47.1 Å². The number of nitrogens with zero attached hydrogens (tertiary/aromatic N) is 1. The Hall–Kier alpha value is 0.0169. The second-order valence-electron chi connectivity index (χ2n) is 5.03. The van der Waals surface area contributed by atoms with Gasteiger partial charge in [0, 0.05) is 39.0 Å². The van der Waals surface area contributed by atoms with Crippen molar-refractivity contribution in [2.24, 2.45) is 0 Å². The summed E-state index contributed by atoms with van der Waals surface area (Å²) < 4.78 is 23.2. The van der Waals surface area contributed by atoms with E-state index in [2.05, 4.69) is 25.9 Å². The second kappa shape index (κ2) is 11.7. The third kappa shape index (κ3) is 9.04. The molecule has 20 heavy (non-hydrogen) atoms. The van der Waals surface area contributed by atoms with Gasteiger partial charge in [-0.1, -0.05) is 0 Å². The molecule has 0 aliphatic carbocycles. The fraction of sp³-hybridized carbons (Fsp3) is 1.00. The lowest BCUT2D eigenvalue weighted by Gasteiger charge is -2.28. The number of likely N-dealkylation sites (N-methyl/N-ethyl adjacent to an activating group) is 1. The molecule has 0 aliphatic heterocycles. The molecule has 0 radical (unpaired) electrons. The van der Waals surface area contributed by atoms with Crippen molar-refractivity contribution in [2.45, 2.75) is 46.3 Å². The highest BCUT2D eigenvalue weighted by molar-refractivity contribution is 6.60. The van der Waals surface area contributed by atoms with Crippen LogP contribution in [-0.4, -0.2) is 66.9 Å². The standard InChI is InChI=1S/C14H33NO4Si/c1-7-17-20(18-8-2,19-9-3)12-10-11-16-14(4)13-15(5)6/h14H,7-13H2,1-6H3. The predicted octanol–water partition coefficient (Wildman–Crippen LogP) is 2.39. The van der Waals surface area contributed by atoms with E-state index in [0.29, 0.717) is 19.8 Å². The highest BCUT2D eigenvalue weighted by atomic mass is 28.4. The molecule has 0 amide bonds. The minimum absolute atomic E-state index is 0.243. The molecule has 6 heteroatoms. The van der Waals surface area contributed by atoms with Gasteiger partial charge >= 0.3 is 8.80 Å². The number of ether oxygens (including phenoxy) is 1. The molecule has 0 aromatic heterocycles. The van der Waals surface area contributed by atoms with Crippen molar-refractivity contribution < 1.29 is 18.0 Å². The predicted molar refractivity (Wildman–Crippen MR) is 84.0 cm³/mol. The molecule has 0 bridgehead atoms. The largest absolute Gasteiger partial charge is 0.501 e. The summed E-state index contributed by atoms with van der Waals surface area (Å²) >= 11 is 0. The van der Waals surface area contributed by atoms with Gasteiger partial charge in [0.05, 0.1) is 6.10 Å². The monoisotopic (exact) mass is 307 g/mol. The minimum atomic E-state index is -2.49. The van der Waals surface area contributed by atoms with Crippen molar-refractivity contribution in [3.05, 3.63) is 0 Å². The molecule has 0 aromatic carbocycles. The molecule has 1 atom stereocenters. The van der Waals surface area contributed by atoms with Crippen LogP contribution in [0, 0.1) is 0 Å². The van der Waals surface area contributed by atoms with Gasteiger partial charge in [-0.3, -0.25) is 0 Å². The van der Waals surface area contributed by atoms with Crippen LogP contribution < -0.4 is 0 Å². The molecule has 122 valence electrons. The summed E-state index contributed by atoms with van der Waals surface area (Å²) in [5.41, 5.74) is 0. The highest BCUT2D eigenvalue weighted by Gasteiger charge is 2.39. The van der Waals surface area contributed by atoms with E-state index in [1.54, 1.807) is 0 Å². The smallest absolute Gasteiger partial charge is 0.377 e. The second-order valence-corrected chi connectivity index (χ2v) is 7.76. The molecule has 0 aromatic rings. The van der Waals surface area contributed by atoms with E-state index in [1.807, 2.05) is 20.8 Å². The van der Waals surface area contributed by atoms with Crippen LogP contribution in [0.3, 0.4) is 0 Å². The highest BCUT2D eigenvalue weighted by Crippen LogP contribution is 2.18. The van der Waals surface area contributed by atoms with Gasteiger partial charge in [-0.05, 0) is 48.2 Å². The van der Waals surface area contributed by atoms with Crippen molar-refractivity contribution in [1.82, 2.24) is 4.90 Å². The quantitative estimate of drug-likeness (QED) is 0.386. The minimum Gasteiger partial charge on any atom is -0.377 e. The third-order valence-electron chi connectivity index (χ3n) is 2.74. The zero-order valence-corrected chi connectivity index (χ0v) is 15.1. The van der Waals surface area contributed by atoms with Crippen LogP contribution in [0.1, 0.15) is 34.1 Å². The third-order valence-corrected chi connectivity index (χ3v) is 5.90. The average molecular weight is 308 g/mol. The normalized spacial score (nSPS) is 13.9. The van der Waals surface area contributed by atoms with E-state index >= 15 is 0 Å². The first kappa shape index (κ1) is 20.0. The first-order chi connectivity index (χ1) is 9.49. The van der Waals surface area contributed by atoms with Gasteiger partial charge in [-0.2, -0.15) is 0 Å². The van der Waals surface area contributed by atoms with Crippen LogP contribution in [0.4, 0.5) is 0 Å². The van der Waals surface area contributed by atoms with Gasteiger partial charge in [0.2, 0.25) is 0 Å². The Morgan fingerprint density at radius 3 is 1.85 bits per heavy atom. The summed E-state index contributed by atoms with van der Waals surface area (Å²) in [6.07, 6.45) is 1.15. The molecule has 0 saturated heterocycles. The van der Waals surface area contributed by atoms with Gasteiger partial charge in [0.15, 0.2) is 0 Å². The summed E-state index contributed by atoms with van der Waals surface area (Å²) in [5.74, 6) is 0. The van der Waals surface area contributed by atoms with E-state index in [9.17, 15) is 0 Å².